The Balaban J connectivity index is 1.51. The van der Waals surface area contributed by atoms with Crippen molar-refractivity contribution in [3.63, 3.8) is 0 Å². The van der Waals surface area contributed by atoms with Crippen molar-refractivity contribution in [2.24, 2.45) is 5.92 Å². The van der Waals surface area contributed by atoms with E-state index < -0.39 is 17.8 Å². The largest absolute Gasteiger partial charge is 0.455 e. The van der Waals surface area contributed by atoms with Crippen LogP contribution in [0.3, 0.4) is 0 Å². The first-order valence-corrected chi connectivity index (χ1v) is 10.4. The molecule has 158 valence electrons. The van der Waals surface area contributed by atoms with Crippen molar-refractivity contribution in [1.82, 2.24) is 0 Å². The minimum atomic E-state index is -0.566. The van der Waals surface area contributed by atoms with Crippen molar-refractivity contribution < 1.29 is 19.1 Å². The van der Waals surface area contributed by atoms with Crippen LogP contribution < -0.4 is 10.2 Å². The quantitative estimate of drug-likeness (QED) is 0.673. The van der Waals surface area contributed by atoms with E-state index in [1.54, 1.807) is 11.0 Å². The Morgan fingerprint density at radius 1 is 1.13 bits per heavy atom. The normalized spacial score (nSPS) is 15.9. The zero-order valence-corrected chi connectivity index (χ0v) is 17.5. The van der Waals surface area contributed by atoms with Crippen molar-refractivity contribution in [3.05, 3.63) is 59.7 Å². The van der Waals surface area contributed by atoms with Crippen molar-refractivity contribution >= 4 is 29.2 Å². The van der Waals surface area contributed by atoms with Crippen LogP contribution in [0.1, 0.15) is 37.3 Å². The van der Waals surface area contributed by atoms with Crippen LogP contribution in [0.2, 0.25) is 0 Å². The van der Waals surface area contributed by atoms with Gasteiger partial charge in [-0.3, -0.25) is 14.4 Å². The number of carbonyl (C=O) groups excluding carboxylic acids is 3. The first-order valence-electron chi connectivity index (χ1n) is 10.4. The predicted molar refractivity (Wildman–Crippen MR) is 116 cm³/mol. The Bertz CT molecular complexity index is 908. The third kappa shape index (κ3) is 5.47. The number of unbranched alkanes of at least 4 members (excludes halogenated alkanes) is 1. The maximum Gasteiger partial charge on any atom is 0.311 e. The van der Waals surface area contributed by atoms with Crippen LogP contribution in [-0.2, 0) is 25.5 Å². The summed E-state index contributed by atoms with van der Waals surface area (Å²) in [6.07, 6.45) is 3.38. The Hall–Kier alpha value is -3.15. The summed E-state index contributed by atoms with van der Waals surface area (Å²) in [5, 5.41) is 2.73. The van der Waals surface area contributed by atoms with Crippen LogP contribution in [0.5, 0.6) is 0 Å². The zero-order valence-electron chi connectivity index (χ0n) is 17.5. The number of carbonyl (C=O) groups is 3. The number of hydrogen-bond acceptors (Lipinski definition) is 4. The second-order valence-corrected chi connectivity index (χ2v) is 7.65. The molecule has 2 aromatic rings. The minimum absolute atomic E-state index is 0.0931. The predicted octanol–water partition coefficient (Wildman–Crippen LogP) is 3.87. The van der Waals surface area contributed by atoms with Gasteiger partial charge in [0.1, 0.15) is 0 Å². The van der Waals surface area contributed by atoms with Gasteiger partial charge in [0.25, 0.3) is 5.91 Å². The minimum Gasteiger partial charge on any atom is -0.455 e. The molecule has 1 atom stereocenters. The first kappa shape index (κ1) is 21.6. The standard InChI is InChI=1S/C24H28N2O4/c1-3-4-8-18-10-12-20(13-11-18)26-15-19(14-23(26)28)24(29)30-16-22(27)25-21-9-6-5-7-17(21)2/h5-7,9-13,19H,3-4,8,14-16H2,1-2H3,(H,25,27)/t19-/m0/s1. The molecule has 0 unspecified atom stereocenters. The van der Waals surface area contributed by atoms with Crippen LogP contribution in [0.15, 0.2) is 48.5 Å². The fourth-order valence-corrected chi connectivity index (χ4v) is 3.49. The summed E-state index contributed by atoms with van der Waals surface area (Å²) in [5.41, 5.74) is 3.63. The van der Waals surface area contributed by atoms with Crippen molar-refractivity contribution in [2.75, 3.05) is 23.4 Å². The highest BCUT2D eigenvalue weighted by Gasteiger charge is 2.36. The number of nitrogens with zero attached hydrogens (tertiary/aromatic N) is 1. The van der Waals surface area contributed by atoms with Crippen molar-refractivity contribution in [2.45, 2.75) is 39.5 Å². The molecule has 1 saturated heterocycles. The molecule has 2 amide bonds. The summed E-state index contributed by atoms with van der Waals surface area (Å²) >= 11 is 0. The van der Waals surface area contributed by atoms with Crippen molar-refractivity contribution in [1.29, 1.82) is 0 Å². The second-order valence-electron chi connectivity index (χ2n) is 7.65. The SMILES string of the molecule is CCCCc1ccc(N2C[C@@H](C(=O)OCC(=O)Nc3ccccc3C)CC2=O)cc1. The van der Waals surface area contributed by atoms with Crippen LogP contribution in [-0.4, -0.2) is 30.9 Å². The smallest absolute Gasteiger partial charge is 0.311 e. The summed E-state index contributed by atoms with van der Waals surface area (Å²) in [4.78, 5) is 38.5. The van der Waals surface area contributed by atoms with Gasteiger partial charge in [0.15, 0.2) is 6.61 Å². The molecule has 3 rings (SSSR count). The molecule has 6 nitrogen and oxygen atoms in total. The van der Waals surface area contributed by atoms with Gasteiger partial charge in [-0.15, -0.1) is 0 Å². The molecule has 0 spiro atoms. The molecule has 0 bridgehead atoms. The van der Waals surface area contributed by atoms with E-state index in [0.29, 0.717) is 5.69 Å². The van der Waals surface area contributed by atoms with Gasteiger partial charge < -0.3 is 15.0 Å². The molecule has 1 aliphatic heterocycles. The van der Waals surface area contributed by atoms with E-state index in [0.717, 1.165) is 30.5 Å². The molecular weight excluding hydrogens is 380 g/mol. The molecule has 1 fully saturated rings. The molecule has 0 aliphatic carbocycles. The zero-order chi connectivity index (χ0) is 21.5. The molecule has 0 radical (unpaired) electrons. The number of amides is 2. The van der Waals surface area contributed by atoms with Crippen LogP contribution >= 0.6 is 0 Å². The monoisotopic (exact) mass is 408 g/mol. The van der Waals surface area contributed by atoms with E-state index in [-0.39, 0.29) is 25.5 Å². The van der Waals surface area contributed by atoms with Gasteiger partial charge in [-0.05, 0) is 49.1 Å². The number of benzene rings is 2. The molecule has 2 aromatic carbocycles. The number of nitrogens with one attached hydrogen (secondary N) is 1. The summed E-state index contributed by atoms with van der Waals surface area (Å²) in [7, 11) is 0. The average Bonchev–Trinajstić information content (AvgIpc) is 3.14. The number of ether oxygens (including phenoxy) is 1. The maximum atomic E-state index is 12.4. The van der Waals surface area contributed by atoms with Crippen molar-refractivity contribution in [3.8, 4) is 0 Å². The number of rotatable bonds is 8. The fraction of sp³-hybridized carbons (Fsp3) is 0.375. The van der Waals surface area contributed by atoms with Gasteiger partial charge >= 0.3 is 5.97 Å². The third-order valence-corrected chi connectivity index (χ3v) is 5.29. The molecular formula is C24H28N2O4. The van der Waals surface area contributed by atoms with E-state index >= 15 is 0 Å². The summed E-state index contributed by atoms with van der Waals surface area (Å²) in [6.45, 7) is 3.94. The van der Waals surface area contributed by atoms with Crippen LogP contribution in [0.4, 0.5) is 11.4 Å². The summed E-state index contributed by atoms with van der Waals surface area (Å²) in [5.74, 6) is -1.60. The first-order chi connectivity index (χ1) is 14.5. The third-order valence-electron chi connectivity index (χ3n) is 5.29. The number of hydrogen-bond donors (Lipinski definition) is 1. The van der Waals surface area contributed by atoms with Gasteiger partial charge in [0.2, 0.25) is 5.91 Å². The highest BCUT2D eigenvalue weighted by Crippen LogP contribution is 2.26. The number of aryl methyl sites for hydroxylation is 2. The lowest BCUT2D eigenvalue weighted by Gasteiger charge is -2.17. The van der Waals surface area contributed by atoms with E-state index in [9.17, 15) is 14.4 Å². The lowest BCUT2D eigenvalue weighted by Crippen LogP contribution is -2.28. The molecule has 30 heavy (non-hydrogen) atoms. The van der Waals surface area contributed by atoms with E-state index in [2.05, 4.69) is 12.2 Å². The Morgan fingerprint density at radius 2 is 1.87 bits per heavy atom. The Kier molecular flexibility index (Phi) is 7.22. The summed E-state index contributed by atoms with van der Waals surface area (Å²) < 4.78 is 5.17. The second kappa shape index (κ2) is 10.1. The maximum absolute atomic E-state index is 12.4. The molecule has 1 heterocycles. The van der Waals surface area contributed by atoms with Gasteiger partial charge in [0.05, 0.1) is 5.92 Å². The molecule has 0 aromatic heterocycles. The molecule has 1 N–H and O–H groups in total. The number of esters is 1. The summed E-state index contributed by atoms with van der Waals surface area (Å²) in [6, 6.07) is 15.3. The lowest BCUT2D eigenvalue weighted by molar-refractivity contribution is -0.151. The van der Waals surface area contributed by atoms with Gasteiger partial charge in [0, 0.05) is 24.3 Å². The van der Waals surface area contributed by atoms with E-state index in [1.165, 1.54) is 5.56 Å². The van der Waals surface area contributed by atoms with Gasteiger partial charge in [-0.2, -0.15) is 0 Å². The molecule has 0 saturated carbocycles. The lowest BCUT2D eigenvalue weighted by atomic mass is 10.1. The van der Waals surface area contributed by atoms with Crippen LogP contribution in [0.25, 0.3) is 0 Å². The Morgan fingerprint density at radius 3 is 2.57 bits per heavy atom. The van der Waals surface area contributed by atoms with E-state index in [4.69, 9.17) is 4.74 Å². The molecule has 6 heteroatoms. The number of anilines is 2. The van der Waals surface area contributed by atoms with Gasteiger partial charge in [-0.25, -0.2) is 0 Å². The fourth-order valence-electron chi connectivity index (χ4n) is 3.49. The highest BCUT2D eigenvalue weighted by molar-refractivity contribution is 6.00. The van der Waals surface area contributed by atoms with Gasteiger partial charge in [-0.1, -0.05) is 43.7 Å². The number of para-hydroxylation sites is 1. The average molecular weight is 408 g/mol. The van der Waals surface area contributed by atoms with E-state index in [1.807, 2.05) is 49.4 Å². The molecule has 1 aliphatic rings. The topological polar surface area (TPSA) is 75.7 Å². The van der Waals surface area contributed by atoms with Crippen LogP contribution in [0, 0.1) is 12.8 Å². The Labute approximate surface area is 177 Å². The highest BCUT2D eigenvalue weighted by atomic mass is 16.5.